The molecular weight excluding hydrogens is 430 g/mol. The normalized spacial score (nSPS) is 10.6. The average molecular weight is 462 g/mol. The first-order chi connectivity index (χ1) is 16.4. The third kappa shape index (κ3) is 7.83. The molecule has 0 saturated heterocycles. The lowest BCUT2D eigenvalue weighted by atomic mass is 10.1. The Hall–Kier alpha value is -4.04. The maximum Gasteiger partial charge on any atom is 0.316 e. The Morgan fingerprint density at radius 1 is 0.853 bits per heavy atom. The molecule has 0 aliphatic carbocycles. The summed E-state index contributed by atoms with van der Waals surface area (Å²) in [5.74, 6) is 0.567. The zero-order valence-electron chi connectivity index (χ0n) is 19.3. The minimum atomic E-state index is -0.638. The standard InChI is InChI=1S/C26H31N5O3/c1-2-31(17-21-9-6-10-22(15-21)29-25(27)32)14-13-19-11-12-24(23(16-19)30-26(28)33)34-18-20-7-4-3-5-8-20/h3-12,15-16H,2,13-14,17-18H2,1H3,(H3,27,29,32)(H3,28,30,33). The zero-order valence-corrected chi connectivity index (χ0v) is 19.3. The van der Waals surface area contributed by atoms with E-state index >= 15 is 0 Å². The van der Waals surface area contributed by atoms with Crippen molar-refractivity contribution in [3.8, 4) is 5.75 Å². The van der Waals surface area contributed by atoms with Crippen molar-refractivity contribution in [2.24, 2.45) is 11.5 Å². The van der Waals surface area contributed by atoms with Gasteiger partial charge in [0, 0.05) is 18.8 Å². The Labute approximate surface area is 199 Å². The molecule has 0 spiro atoms. The summed E-state index contributed by atoms with van der Waals surface area (Å²) in [5, 5.41) is 5.27. The number of nitrogens with zero attached hydrogens (tertiary/aromatic N) is 1. The molecule has 0 unspecified atom stereocenters. The van der Waals surface area contributed by atoms with E-state index < -0.39 is 12.1 Å². The van der Waals surface area contributed by atoms with E-state index in [0.717, 1.165) is 42.7 Å². The Morgan fingerprint density at radius 3 is 2.29 bits per heavy atom. The fourth-order valence-electron chi connectivity index (χ4n) is 3.61. The van der Waals surface area contributed by atoms with Crippen LogP contribution < -0.4 is 26.8 Å². The third-order valence-corrected chi connectivity index (χ3v) is 5.30. The maximum atomic E-state index is 11.5. The summed E-state index contributed by atoms with van der Waals surface area (Å²) in [6.07, 6.45) is 0.777. The predicted octanol–water partition coefficient (Wildman–Crippen LogP) is 4.31. The van der Waals surface area contributed by atoms with Crippen molar-refractivity contribution >= 4 is 23.4 Å². The van der Waals surface area contributed by atoms with Gasteiger partial charge in [-0.2, -0.15) is 0 Å². The second kappa shape index (κ2) is 12.3. The first-order valence-electron chi connectivity index (χ1n) is 11.2. The minimum Gasteiger partial charge on any atom is -0.487 e. The molecular formula is C26H31N5O3. The molecule has 0 bridgehead atoms. The van der Waals surface area contributed by atoms with E-state index in [1.807, 2.05) is 66.7 Å². The molecule has 8 heteroatoms. The highest BCUT2D eigenvalue weighted by Gasteiger charge is 2.10. The molecule has 3 aromatic rings. The Morgan fingerprint density at radius 2 is 1.59 bits per heavy atom. The topological polar surface area (TPSA) is 123 Å². The molecule has 3 aromatic carbocycles. The predicted molar refractivity (Wildman–Crippen MR) is 135 cm³/mol. The highest BCUT2D eigenvalue weighted by molar-refractivity contribution is 5.89. The fraction of sp³-hybridized carbons (Fsp3) is 0.231. The number of primary amides is 2. The SMILES string of the molecule is CCN(CCc1ccc(OCc2ccccc2)c(NC(N)=O)c1)Cc1cccc(NC(N)=O)c1. The van der Waals surface area contributed by atoms with E-state index in [-0.39, 0.29) is 0 Å². The van der Waals surface area contributed by atoms with Gasteiger partial charge in [0.1, 0.15) is 12.4 Å². The molecule has 0 saturated carbocycles. The van der Waals surface area contributed by atoms with E-state index in [1.165, 1.54) is 0 Å². The van der Waals surface area contributed by atoms with Crippen LogP contribution in [0.5, 0.6) is 5.75 Å². The van der Waals surface area contributed by atoms with Gasteiger partial charge < -0.3 is 26.8 Å². The quantitative estimate of drug-likeness (QED) is 0.340. The minimum absolute atomic E-state index is 0.390. The Balaban J connectivity index is 1.64. The summed E-state index contributed by atoms with van der Waals surface area (Å²) in [7, 11) is 0. The Kier molecular flexibility index (Phi) is 8.88. The number of urea groups is 2. The molecule has 4 amide bonds. The van der Waals surface area contributed by atoms with Crippen LogP contribution in [0.1, 0.15) is 23.6 Å². The van der Waals surface area contributed by atoms with E-state index in [0.29, 0.717) is 23.7 Å². The number of hydrogen-bond donors (Lipinski definition) is 4. The van der Waals surface area contributed by atoms with E-state index in [9.17, 15) is 9.59 Å². The van der Waals surface area contributed by atoms with Crippen LogP contribution >= 0.6 is 0 Å². The monoisotopic (exact) mass is 461 g/mol. The summed E-state index contributed by atoms with van der Waals surface area (Å²) in [5.41, 5.74) is 15.0. The summed E-state index contributed by atoms with van der Waals surface area (Å²) < 4.78 is 5.92. The van der Waals surface area contributed by atoms with Gasteiger partial charge in [-0.25, -0.2) is 9.59 Å². The molecule has 0 atom stereocenters. The summed E-state index contributed by atoms with van der Waals surface area (Å²) in [6.45, 7) is 4.89. The molecule has 0 fully saturated rings. The van der Waals surface area contributed by atoms with Gasteiger partial charge in [0.25, 0.3) is 0 Å². The summed E-state index contributed by atoms with van der Waals surface area (Å²) in [6, 6.07) is 22.0. The van der Waals surface area contributed by atoms with E-state index in [1.54, 1.807) is 6.07 Å². The maximum absolute atomic E-state index is 11.5. The third-order valence-electron chi connectivity index (χ3n) is 5.30. The van der Waals surface area contributed by atoms with Crippen LogP contribution in [0.15, 0.2) is 72.8 Å². The van der Waals surface area contributed by atoms with Crippen LogP contribution in [0.25, 0.3) is 0 Å². The van der Waals surface area contributed by atoms with Crippen molar-refractivity contribution in [2.45, 2.75) is 26.5 Å². The van der Waals surface area contributed by atoms with Gasteiger partial charge in [0.05, 0.1) is 5.69 Å². The first-order valence-corrected chi connectivity index (χ1v) is 11.2. The molecule has 8 nitrogen and oxygen atoms in total. The smallest absolute Gasteiger partial charge is 0.316 e. The van der Waals surface area contributed by atoms with Crippen molar-refractivity contribution in [1.82, 2.24) is 4.90 Å². The van der Waals surface area contributed by atoms with Crippen LogP contribution in [0.3, 0.4) is 0 Å². The van der Waals surface area contributed by atoms with Gasteiger partial charge in [0.2, 0.25) is 0 Å². The van der Waals surface area contributed by atoms with Crippen molar-refractivity contribution in [3.63, 3.8) is 0 Å². The number of nitrogens with one attached hydrogen (secondary N) is 2. The number of hydrogen-bond acceptors (Lipinski definition) is 4. The Bertz CT molecular complexity index is 1100. The van der Waals surface area contributed by atoms with Crippen LogP contribution in [-0.4, -0.2) is 30.1 Å². The van der Waals surface area contributed by atoms with Crippen molar-refractivity contribution in [2.75, 3.05) is 23.7 Å². The second-order valence-electron chi connectivity index (χ2n) is 7.90. The fourth-order valence-corrected chi connectivity index (χ4v) is 3.61. The number of carbonyl (C=O) groups is 2. The molecule has 0 heterocycles. The highest BCUT2D eigenvalue weighted by Crippen LogP contribution is 2.27. The van der Waals surface area contributed by atoms with Crippen LogP contribution in [0, 0.1) is 0 Å². The lowest BCUT2D eigenvalue weighted by Gasteiger charge is -2.21. The molecule has 0 radical (unpaired) electrons. The van der Waals surface area contributed by atoms with Crippen molar-refractivity contribution < 1.29 is 14.3 Å². The van der Waals surface area contributed by atoms with Gasteiger partial charge in [-0.15, -0.1) is 0 Å². The number of amides is 4. The number of rotatable bonds is 11. The number of carbonyl (C=O) groups excluding carboxylic acids is 2. The lowest BCUT2D eigenvalue weighted by Crippen LogP contribution is -2.25. The molecule has 6 N–H and O–H groups in total. The first kappa shape index (κ1) is 24.6. The van der Waals surface area contributed by atoms with Gasteiger partial charge in [-0.1, -0.05) is 55.5 Å². The lowest BCUT2D eigenvalue weighted by molar-refractivity contribution is 0.258. The van der Waals surface area contributed by atoms with Crippen LogP contribution in [0.4, 0.5) is 21.0 Å². The molecule has 34 heavy (non-hydrogen) atoms. The number of ether oxygens (including phenoxy) is 1. The van der Waals surface area contributed by atoms with Crippen molar-refractivity contribution in [1.29, 1.82) is 0 Å². The number of likely N-dealkylation sites (N-methyl/N-ethyl adjacent to an activating group) is 1. The van der Waals surface area contributed by atoms with Gasteiger partial charge in [0.15, 0.2) is 0 Å². The largest absolute Gasteiger partial charge is 0.487 e. The zero-order chi connectivity index (χ0) is 24.3. The number of anilines is 2. The van der Waals surface area contributed by atoms with Gasteiger partial charge in [-0.3, -0.25) is 4.90 Å². The summed E-state index contributed by atoms with van der Waals surface area (Å²) in [4.78, 5) is 24.9. The van der Waals surface area contributed by atoms with Crippen molar-refractivity contribution in [3.05, 3.63) is 89.5 Å². The second-order valence-corrected chi connectivity index (χ2v) is 7.90. The van der Waals surface area contributed by atoms with Gasteiger partial charge >= 0.3 is 12.1 Å². The summed E-state index contributed by atoms with van der Waals surface area (Å²) >= 11 is 0. The number of benzene rings is 3. The molecule has 0 aliphatic rings. The van der Waals surface area contributed by atoms with Gasteiger partial charge in [-0.05, 0) is 53.9 Å². The van der Waals surface area contributed by atoms with E-state index in [4.69, 9.17) is 16.2 Å². The van der Waals surface area contributed by atoms with Crippen LogP contribution in [-0.2, 0) is 19.6 Å². The van der Waals surface area contributed by atoms with E-state index in [2.05, 4.69) is 22.5 Å². The molecule has 0 aliphatic heterocycles. The average Bonchev–Trinajstić information content (AvgIpc) is 2.81. The number of nitrogens with two attached hydrogens (primary N) is 2. The van der Waals surface area contributed by atoms with Crippen LogP contribution in [0.2, 0.25) is 0 Å². The molecule has 178 valence electrons. The molecule has 0 aromatic heterocycles. The highest BCUT2D eigenvalue weighted by atomic mass is 16.5. The molecule has 3 rings (SSSR count).